The van der Waals surface area contributed by atoms with Crippen molar-refractivity contribution in [2.24, 2.45) is 0 Å². The summed E-state index contributed by atoms with van der Waals surface area (Å²) in [5.74, 6) is -0.396. The number of hydrogen-bond acceptors (Lipinski definition) is 2. The number of alkyl halides is 3. The molecule has 0 aliphatic heterocycles. The molecule has 1 unspecified atom stereocenters. The Bertz CT molecular complexity index is 406. The number of hydrogen-bond donors (Lipinski definition) is 1. The Hall–Kier alpha value is -0.750. The Kier molecular flexibility index (Phi) is 6.13. The Labute approximate surface area is 114 Å². The van der Waals surface area contributed by atoms with Gasteiger partial charge in [0, 0.05) is 6.04 Å². The van der Waals surface area contributed by atoms with Crippen LogP contribution in [0, 0.1) is 5.82 Å². The third-order valence-corrected chi connectivity index (χ3v) is 3.40. The highest BCUT2D eigenvalue weighted by molar-refractivity contribution is 7.98. The maximum atomic E-state index is 13.2. The highest BCUT2D eigenvalue weighted by atomic mass is 32.2. The molecule has 19 heavy (non-hydrogen) atoms. The maximum Gasteiger partial charge on any atom is 0.419 e. The van der Waals surface area contributed by atoms with Gasteiger partial charge in [0.15, 0.2) is 0 Å². The first-order valence-corrected chi connectivity index (χ1v) is 7.38. The fourth-order valence-corrected chi connectivity index (χ4v) is 2.32. The van der Waals surface area contributed by atoms with Crippen LogP contribution in [0.4, 0.5) is 17.6 Å². The molecule has 0 spiro atoms. The van der Waals surface area contributed by atoms with Crippen LogP contribution in [0.1, 0.15) is 30.5 Å². The van der Waals surface area contributed by atoms with Crippen molar-refractivity contribution in [1.82, 2.24) is 5.32 Å². The lowest BCUT2D eigenvalue weighted by atomic mass is 10.0. The van der Waals surface area contributed by atoms with Gasteiger partial charge in [-0.3, -0.25) is 0 Å². The fraction of sp³-hybridized carbons (Fsp3) is 0.538. The fourth-order valence-electron chi connectivity index (χ4n) is 1.85. The van der Waals surface area contributed by atoms with Crippen LogP contribution in [0.5, 0.6) is 0 Å². The molecular weight excluding hydrogens is 278 g/mol. The Morgan fingerprint density at radius 1 is 1.32 bits per heavy atom. The van der Waals surface area contributed by atoms with Crippen molar-refractivity contribution >= 4 is 11.8 Å². The summed E-state index contributed by atoms with van der Waals surface area (Å²) in [7, 11) is 0. The van der Waals surface area contributed by atoms with Crippen molar-refractivity contribution < 1.29 is 17.6 Å². The van der Waals surface area contributed by atoms with Gasteiger partial charge in [-0.05, 0) is 42.7 Å². The summed E-state index contributed by atoms with van der Waals surface area (Å²) in [5.41, 5.74) is -0.721. The van der Waals surface area contributed by atoms with Crippen LogP contribution in [-0.2, 0) is 6.18 Å². The summed E-state index contributed by atoms with van der Waals surface area (Å²) in [6, 6.07) is 3.03. The van der Waals surface area contributed by atoms with Gasteiger partial charge < -0.3 is 5.32 Å². The van der Waals surface area contributed by atoms with E-state index in [-0.39, 0.29) is 6.04 Å². The zero-order valence-corrected chi connectivity index (χ0v) is 11.7. The van der Waals surface area contributed by atoms with Crippen molar-refractivity contribution in [1.29, 1.82) is 0 Å². The largest absolute Gasteiger partial charge is 0.419 e. The summed E-state index contributed by atoms with van der Waals surface area (Å²) in [4.78, 5) is 0. The van der Waals surface area contributed by atoms with Gasteiger partial charge in [-0.25, -0.2) is 4.39 Å². The maximum absolute atomic E-state index is 13.2. The van der Waals surface area contributed by atoms with Gasteiger partial charge in [-0.15, -0.1) is 0 Å². The van der Waals surface area contributed by atoms with Crippen molar-refractivity contribution in [3.05, 3.63) is 35.1 Å². The number of benzene rings is 1. The zero-order valence-electron chi connectivity index (χ0n) is 10.9. The summed E-state index contributed by atoms with van der Waals surface area (Å²) in [5, 5.41) is 3.13. The Balaban J connectivity index is 3.03. The minimum absolute atomic E-state index is 0.181. The van der Waals surface area contributed by atoms with Crippen LogP contribution in [-0.4, -0.2) is 18.6 Å². The minimum atomic E-state index is -4.66. The SMILES string of the molecule is CCNC(CCSC)c1ccc(F)c(C(F)(F)F)c1. The van der Waals surface area contributed by atoms with Crippen molar-refractivity contribution in [3.63, 3.8) is 0 Å². The third-order valence-electron chi connectivity index (χ3n) is 2.76. The molecule has 1 atom stereocenters. The molecule has 0 aromatic heterocycles. The summed E-state index contributed by atoms with van der Waals surface area (Å²) < 4.78 is 51.2. The van der Waals surface area contributed by atoms with Gasteiger partial charge >= 0.3 is 6.18 Å². The average Bonchev–Trinajstić information content (AvgIpc) is 2.34. The van der Waals surface area contributed by atoms with Crippen LogP contribution in [0.15, 0.2) is 18.2 Å². The van der Waals surface area contributed by atoms with Crippen LogP contribution in [0.3, 0.4) is 0 Å². The quantitative estimate of drug-likeness (QED) is 0.787. The molecule has 0 bridgehead atoms. The zero-order chi connectivity index (χ0) is 14.5. The van der Waals surface area contributed by atoms with Crippen molar-refractivity contribution in [3.8, 4) is 0 Å². The Morgan fingerprint density at radius 2 is 2.00 bits per heavy atom. The number of halogens is 4. The van der Waals surface area contributed by atoms with Crippen molar-refractivity contribution in [2.45, 2.75) is 25.6 Å². The predicted molar refractivity (Wildman–Crippen MR) is 70.8 cm³/mol. The van der Waals surface area contributed by atoms with Crippen molar-refractivity contribution in [2.75, 3.05) is 18.6 Å². The second kappa shape index (κ2) is 7.14. The van der Waals surface area contributed by atoms with Crippen LogP contribution >= 0.6 is 11.8 Å². The third kappa shape index (κ3) is 4.69. The van der Waals surface area contributed by atoms with E-state index in [0.717, 1.165) is 17.9 Å². The van der Waals surface area contributed by atoms with E-state index in [9.17, 15) is 17.6 Å². The van der Waals surface area contributed by atoms with E-state index in [1.54, 1.807) is 11.8 Å². The first-order valence-electron chi connectivity index (χ1n) is 5.99. The van der Waals surface area contributed by atoms with Gasteiger partial charge in [0.05, 0.1) is 5.56 Å². The van der Waals surface area contributed by atoms with Gasteiger partial charge in [0.2, 0.25) is 0 Å². The summed E-state index contributed by atoms with van der Waals surface area (Å²) in [6.07, 6.45) is -2.01. The Morgan fingerprint density at radius 3 is 2.53 bits per heavy atom. The van der Waals surface area contributed by atoms with E-state index in [1.807, 2.05) is 13.2 Å². The number of thioether (sulfide) groups is 1. The van der Waals surface area contributed by atoms with E-state index >= 15 is 0 Å². The lowest BCUT2D eigenvalue weighted by molar-refractivity contribution is -0.140. The number of rotatable bonds is 6. The molecule has 1 rings (SSSR count). The molecule has 0 saturated carbocycles. The number of nitrogens with one attached hydrogen (secondary N) is 1. The normalized spacial score (nSPS) is 13.6. The average molecular weight is 295 g/mol. The molecule has 0 radical (unpaired) electrons. The molecule has 1 aromatic carbocycles. The van der Waals surface area contributed by atoms with Crippen LogP contribution in [0.25, 0.3) is 0 Å². The lowest BCUT2D eigenvalue weighted by Crippen LogP contribution is -2.22. The summed E-state index contributed by atoms with van der Waals surface area (Å²) >= 11 is 1.63. The molecule has 1 aromatic rings. The first-order chi connectivity index (χ1) is 8.90. The molecule has 0 heterocycles. The van der Waals surface area contributed by atoms with E-state index in [1.165, 1.54) is 6.07 Å². The van der Waals surface area contributed by atoms with Crippen LogP contribution < -0.4 is 5.32 Å². The minimum Gasteiger partial charge on any atom is -0.310 e. The van der Waals surface area contributed by atoms with E-state index in [0.29, 0.717) is 18.5 Å². The molecule has 0 saturated heterocycles. The highest BCUT2D eigenvalue weighted by Gasteiger charge is 2.34. The standard InChI is InChI=1S/C13H17F4NS/c1-3-18-12(6-7-19-2)9-4-5-11(14)10(8-9)13(15,16)17/h4-5,8,12,18H,3,6-7H2,1-2H3. The van der Waals surface area contributed by atoms with Gasteiger partial charge in [0.25, 0.3) is 0 Å². The van der Waals surface area contributed by atoms with E-state index in [4.69, 9.17) is 0 Å². The molecule has 0 aliphatic rings. The lowest BCUT2D eigenvalue weighted by Gasteiger charge is -2.19. The van der Waals surface area contributed by atoms with Gasteiger partial charge in [-0.2, -0.15) is 24.9 Å². The van der Waals surface area contributed by atoms with Crippen LogP contribution in [0.2, 0.25) is 0 Å². The smallest absolute Gasteiger partial charge is 0.310 e. The first kappa shape index (κ1) is 16.3. The van der Waals surface area contributed by atoms with Gasteiger partial charge in [-0.1, -0.05) is 13.0 Å². The molecule has 0 fully saturated rings. The van der Waals surface area contributed by atoms with Gasteiger partial charge in [0.1, 0.15) is 5.82 Å². The topological polar surface area (TPSA) is 12.0 Å². The van der Waals surface area contributed by atoms with E-state index < -0.39 is 17.6 Å². The second-order valence-electron chi connectivity index (χ2n) is 4.13. The monoisotopic (exact) mass is 295 g/mol. The summed E-state index contributed by atoms with van der Waals surface area (Å²) in [6.45, 7) is 2.54. The molecule has 1 N–H and O–H groups in total. The second-order valence-corrected chi connectivity index (χ2v) is 5.11. The molecule has 1 nitrogen and oxygen atoms in total. The molecule has 108 valence electrons. The van der Waals surface area contributed by atoms with E-state index in [2.05, 4.69) is 5.32 Å². The predicted octanol–water partition coefficient (Wildman–Crippen LogP) is 4.25. The highest BCUT2D eigenvalue weighted by Crippen LogP contribution is 2.33. The molecular formula is C13H17F4NS. The molecule has 0 amide bonds. The molecule has 6 heteroatoms. The molecule has 0 aliphatic carbocycles.